The summed E-state index contributed by atoms with van der Waals surface area (Å²) in [4.78, 5) is 24.1. The van der Waals surface area contributed by atoms with Crippen molar-refractivity contribution in [3.05, 3.63) is 60.7 Å². The van der Waals surface area contributed by atoms with E-state index in [9.17, 15) is 14.7 Å². The van der Waals surface area contributed by atoms with E-state index in [1.165, 1.54) is 6.08 Å². The number of aliphatic hydroxyl groups is 1. The van der Waals surface area contributed by atoms with Crippen LogP contribution in [-0.2, 0) is 19.1 Å². The molecule has 1 N–H and O–H groups in total. The summed E-state index contributed by atoms with van der Waals surface area (Å²) < 4.78 is 9.19. The number of carbonyl (C=O) groups is 2. The highest BCUT2D eigenvalue weighted by atomic mass is 16.6. The Morgan fingerprint density at radius 3 is 2.17 bits per heavy atom. The molecule has 0 radical (unpaired) electrons. The molecule has 0 fully saturated rings. The Labute approximate surface area is 134 Å². The first-order valence-electron chi connectivity index (χ1n) is 6.99. The highest BCUT2D eigenvalue weighted by Gasteiger charge is 2.53. The molecule has 5 heteroatoms. The van der Waals surface area contributed by atoms with Crippen LogP contribution in [0.3, 0.4) is 0 Å². The summed E-state index contributed by atoms with van der Waals surface area (Å²) in [5, 5.41) is 12.6. The molecule has 0 saturated heterocycles. The van der Waals surface area contributed by atoms with Gasteiger partial charge in [0.25, 0.3) is 5.60 Å². The van der Waals surface area contributed by atoms with Crippen molar-refractivity contribution in [3.63, 3.8) is 0 Å². The summed E-state index contributed by atoms with van der Waals surface area (Å²) in [6, 6.07) is 13.0. The van der Waals surface area contributed by atoms with Crippen molar-refractivity contribution in [2.24, 2.45) is 0 Å². The van der Waals surface area contributed by atoms with E-state index in [1.54, 1.807) is 12.1 Å². The van der Waals surface area contributed by atoms with Crippen molar-refractivity contribution in [1.82, 2.24) is 0 Å². The van der Waals surface area contributed by atoms with Crippen LogP contribution in [0.4, 0.5) is 0 Å². The topological polar surface area (TPSA) is 72.8 Å². The lowest BCUT2D eigenvalue weighted by Gasteiger charge is -2.29. The molecule has 1 atom stereocenters. The lowest BCUT2D eigenvalue weighted by molar-refractivity contribution is -0.181. The second kappa shape index (κ2) is 6.62. The van der Waals surface area contributed by atoms with Crippen molar-refractivity contribution < 1.29 is 24.2 Å². The monoisotopic (exact) mass is 314 g/mol. The van der Waals surface area contributed by atoms with E-state index < -0.39 is 23.5 Å². The molecule has 23 heavy (non-hydrogen) atoms. The lowest BCUT2D eigenvalue weighted by atomic mass is 9.81. The van der Waals surface area contributed by atoms with E-state index in [1.807, 2.05) is 30.3 Å². The van der Waals surface area contributed by atoms with Gasteiger partial charge < -0.3 is 14.6 Å². The Morgan fingerprint density at radius 2 is 1.65 bits per heavy atom. The maximum Gasteiger partial charge on any atom is 0.350 e. The van der Waals surface area contributed by atoms with Crippen molar-refractivity contribution in [1.29, 1.82) is 0 Å². The number of ether oxygens (including phenoxy) is 2. The number of fused-ring (bicyclic) bond motifs is 1. The minimum Gasteiger partial charge on any atom is -0.466 e. The number of hydrogen-bond donors (Lipinski definition) is 1. The van der Waals surface area contributed by atoms with Gasteiger partial charge >= 0.3 is 11.9 Å². The quantitative estimate of drug-likeness (QED) is 0.520. The van der Waals surface area contributed by atoms with Gasteiger partial charge in [0.2, 0.25) is 0 Å². The van der Waals surface area contributed by atoms with Gasteiger partial charge in [0.1, 0.15) is 0 Å². The van der Waals surface area contributed by atoms with Gasteiger partial charge in [0.15, 0.2) is 0 Å². The Bertz CT molecular complexity index is 734. The average molecular weight is 314 g/mol. The van der Waals surface area contributed by atoms with Crippen LogP contribution in [0.1, 0.15) is 11.5 Å². The molecule has 0 spiro atoms. The van der Waals surface area contributed by atoms with E-state index in [0.29, 0.717) is 5.56 Å². The number of rotatable bonds is 5. The zero-order chi connectivity index (χ0) is 17.0. The lowest BCUT2D eigenvalue weighted by Crippen LogP contribution is -2.52. The summed E-state index contributed by atoms with van der Waals surface area (Å²) in [5.74, 6) is -3.20. The zero-order valence-electron chi connectivity index (χ0n) is 13.0. The molecular formula is C18H18O5. The minimum atomic E-state index is -2.49. The number of carbonyl (C=O) groups excluding carboxylic acids is 2. The van der Waals surface area contributed by atoms with E-state index >= 15 is 0 Å². The van der Waals surface area contributed by atoms with E-state index in [4.69, 9.17) is 0 Å². The number of methoxy groups -OCH3 is 2. The van der Waals surface area contributed by atoms with Crippen molar-refractivity contribution in [3.8, 4) is 0 Å². The fraction of sp³-hybridized carbons (Fsp3) is 0.222. The Kier molecular flexibility index (Phi) is 4.81. The van der Waals surface area contributed by atoms with Gasteiger partial charge in [-0.15, -0.1) is 6.58 Å². The highest BCUT2D eigenvalue weighted by Crippen LogP contribution is 2.33. The summed E-state index contributed by atoms with van der Waals surface area (Å²) >= 11 is 0. The first-order chi connectivity index (χ1) is 11.0. The molecule has 2 aromatic carbocycles. The third kappa shape index (κ3) is 2.83. The normalized spacial score (nSPS) is 12.5. The molecule has 0 saturated carbocycles. The van der Waals surface area contributed by atoms with Crippen LogP contribution in [0.5, 0.6) is 0 Å². The van der Waals surface area contributed by atoms with Crippen molar-refractivity contribution in [2.75, 3.05) is 14.2 Å². The molecule has 0 aliphatic heterocycles. The van der Waals surface area contributed by atoms with Crippen molar-refractivity contribution in [2.45, 2.75) is 11.5 Å². The highest BCUT2D eigenvalue weighted by molar-refractivity contribution is 6.05. The third-order valence-electron chi connectivity index (χ3n) is 3.81. The summed E-state index contributed by atoms with van der Waals surface area (Å²) in [6.45, 7) is 3.64. The third-order valence-corrected chi connectivity index (χ3v) is 3.81. The van der Waals surface area contributed by atoms with E-state index in [0.717, 1.165) is 25.0 Å². The average Bonchev–Trinajstić information content (AvgIpc) is 2.60. The zero-order valence-corrected chi connectivity index (χ0v) is 13.0. The van der Waals surface area contributed by atoms with Crippen LogP contribution in [0.2, 0.25) is 0 Å². The smallest absolute Gasteiger partial charge is 0.350 e. The van der Waals surface area contributed by atoms with Gasteiger partial charge in [-0.3, -0.25) is 0 Å². The summed E-state index contributed by atoms with van der Waals surface area (Å²) in [5.41, 5.74) is -1.94. The van der Waals surface area contributed by atoms with Crippen LogP contribution >= 0.6 is 0 Å². The number of esters is 2. The van der Waals surface area contributed by atoms with Gasteiger partial charge in [0, 0.05) is 0 Å². The molecule has 2 aromatic rings. The Balaban J connectivity index is 2.59. The maximum atomic E-state index is 12.1. The van der Waals surface area contributed by atoms with Gasteiger partial charge in [-0.05, 0) is 16.3 Å². The van der Waals surface area contributed by atoms with Gasteiger partial charge in [-0.2, -0.15) is 0 Å². The van der Waals surface area contributed by atoms with Crippen LogP contribution in [-0.4, -0.2) is 36.9 Å². The van der Waals surface area contributed by atoms with Gasteiger partial charge in [-0.25, -0.2) is 9.59 Å². The second-order valence-electron chi connectivity index (χ2n) is 5.07. The number of benzene rings is 2. The molecule has 0 amide bonds. The Hall–Kier alpha value is -2.66. The first-order valence-corrected chi connectivity index (χ1v) is 6.99. The molecule has 120 valence electrons. The van der Waals surface area contributed by atoms with Gasteiger partial charge in [0.05, 0.1) is 20.1 Å². The molecule has 2 rings (SSSR count). The van der Waals surface area contributed by atoms with Gasteiger partial charge in [-0.1, -0.05) is 48.5 Å². The minimum absolute atomic E-state index is 0.553. The second-order valence-corrected chi connectivity index (χ2v) is 5.07. The number of hydrogen-bond acceptors (Lipinski definition) is 5. The van der Waals surface area contributed by atoms with Crippen molar-refractivity contribution >= 4 is 22.7 Å². The molecule has 0 unspecified atom stereocenters. The van der Waals surface area contributed by atoms with E-state index in [2.05, 4.69) is 16.1 Å². The molecule has 0 heterocycles. The standard InChI is InChI=1S/C18H18O5/c1-4-15(18(21,16(19)22-2)17(20)23-3)14-10-9-12-7-5-6-8-13(12)11-14/h4-11,15,21H,1H2,2-3H3/t15-/m1/s1. The summed E-state index contributed by atoms with van der Waals surface area (Å²) in [6.07, 6.45) is 1.33. The fourth-order valence-electron chi connectivity index (χ4n) is 2.60. The van der Waals surface area contributed by atoms with E-state index in [-0.39, 0.29) is 0 Å². The molecule has 0 bridgehead atoms. The Morgan fingerprint density at radius 1 is 1.09 bits per heavy atom. The summed E-state index contributed by atoms with van der Waals surface area (Å²) in [7, 11) is 2.19. The van der Waals surface area contributed by atoms with Crippen LogP contribution in [0.25, 0.3) is 10.8 Å². The van der Waals surface area contributed by atoms with Crippen LogP contribution < -0.4 is 0 Å². The van der Waals surface area contributed by atoms with Crippen LogP contribution in [0, 0.1) is 0 Å². The molecule has 0 aliphatic carbocycles. The molecule has 0 aliphatic rings. The molecule has 0 aromatic heterocycles. The SMILES string of the molecule is C=C[C@H](c1ccc2ccccc2c1)C(O)(C(=O)OC)C(=O)OC. The largest absolute Gasteiger partial charge is 0.466 e. The fourth-order valence-corrected chi connectivity index (χ4v) is 2.60. The first kappa shape index (κ1) is 16.7. The predicted molar refractivity (Wildman–Crippen MR) is 85.9 cm³/mol. The maximum absolute atomic E-state index is 12.1. The molecule has 5 nitrogen and oxygen atoms in total. The van der Waals surface area contributed by atoms with Crippen LogP contribution in [0.15, 0.2) is 55.1 Å². The predicted octanol–water partition coefficient (Wildman–Crippen LogP) is 2.19. The molecular weight excluding hydrogens is 296 g/mol.